The summed E-state index contributed by atoms with van der Waals surface area (Å²) in [7, 11) is -0.781. The Morgan fingerprint density at radius 1 is 0.512 bits per heavy atom. The summed E-state index contributed by atoms with van der Waals surface area (Å²) in [6, 6.07) is 2.00. The van der Waals surface area contributed by atoms with Crippen LogP contribution in [-0.2, 0) is 22.1 Å². The Bertz CT molecular complexity index is 486. The standard InChI is InChI=1S/C24H52O3Si.C8H22N2O2Si/c1-5-9-10-11-12-13-14-15-16-17-18-19-20-21-22-23-24-28(25-6-2,26-7-3)27-8-4;1-11-13(3,12-2)8-4-6-10-7-5-9/h5-24H2,1-4H3;10H,4-9H2,1-3H3. The largest absolute Gasteiger partial charge is 0.500 e. The first kappa shape index (κ1) is 43.3. The quantitative estimate of drug-likeness (QED) is 0.0592. The highest BCUT2D eigenvalue weighted by atomic mass is 28.4. The summed E-state index contributed by atoms with van der Waals surface area (Å²) in [5.74, 6) is 0. The molecule has 0 aliphatic carbocycles. The summed E-state index contributed by atoms with van der Waals surface area (Å²) in [5.41, 5.74) is 5.35. The van der Waals surface area contributed by atoms with Crippen LogP contribution in [0.3, 0.4) is 0 Å². The molecule has 0 saturated carbocycles. The van der Waals surface area contributed by atoms with Crippen molar-refractivity contribution in [3.8, 4) is 0 Å². The van der Waals surface area contributed by atoms with Crippen molar-refractivity contribution in [1.29, 1.82) is 0 Å². The molecule has 0 radical (unpaired) electrons. The highest BCUT2D eigenvalue weighted by Crippen LogP contribution is 2.21. The van der Waals surface area contributed by atoms with Gasteiger partial charge in [0.05, 0.1) is 0 Å². The van der Waals surface area contributed by atoms with E-state index in [2.05, 4.69) is 18.8 Å². The van der Waals surface area contributed by atoms with Crippen molar-refractivity contribution in [1.82, 2.24) is 5.32 Å². The molecule has 0 spiro atoms. The van der Waals surface area contributed by atoms with Crippen LogP contribution in [0.15, 0.2) is 0 Å². The Morgan fingerprint density at radius 2 is 0.902 bits per heavy atom. The Balaban J connectivity index is 0. The highest BCUT2D eigenvalue weighted by Gasteiger charge is 2.39. The molecule has 0 rings (SSSR count). The van der Waals surface area contributed by atoms with Crippen LogP contribution in [0, 0.1) is 0 Å². The van der Waals surface area contributed by atoms with Gasteiger partial charge in [0, 0.05) is 53.2 Å². The van der Waals surface area contributed by atoms with Gasteiger partial charge in [0.15, 0.2) is 0 Å². The molecule has 0 heterocycles. The third-order valence-electron chi connectivity index (χ3n) is 7.60. The fourth-order valence-electron chi connectivity index (χ4n) is 4.94. The minimum atomic E-state index is -2.40. The fourth-order valence-corrected chi connectivity index (χ4v) is 9.02. The molecule has 0 aromatic carbocycles. The normalized spacial score (nSPS) is 12.0. The average Bonchev–Trinajstić information content (AvgIpc) is 2.97. The van der Waals surface area contributed by atoms with E-state index in [-0.39, 0.29) is 0 Å². The molecular formula is C32H74N2O5Si2. The fraction of sp³-hybridized carbons (Fsp3) is 1.00. The van der Waals surface area contributed by atoms with Crippen molar-refractivity contribution in [2.24, 2.45) is 5.73 Å². The first-order valence-electron chi connectivity index (χ1n) is 17.4. The molecule has 250 valence electrons. The number of hydrogen-bond donors (Lipinski definition) is 2. The molecule has 9 heteroatoms. The van der Waals surface area contributed by atoms with Gasteiger partial charge in [0.1, 0.15) is 0 Å². The molecule has 0 aliphatic rings. The van der Waals surface area contributed by atoms with Crippen LogP contribution < -0.4 is 11.1 Å². The van der Waals surface area contributed by atoms with E-state index in [4.69, 9.17) is 27.9 Å². The van der Waals surface area contributed by atoms with E-state index in [0.717, 1.165) is 31.6 Å². The van der Waals surface area contributed by atoms with Crippen molar-refractivity contribution < 1.29 is 22.1 Å². The van der Waals surface area contributed by atoms with Gasteiger partial charge in [-0.15, -0.1) is 0 Å². The lowest BCUT2D eigenvalue weighted by Crippen LogP contribution is -2.45. The maximum Gasteiger partial charge on any atom is 0.500 e. The molecule has 0 aromatic rings. The van der Waals surface area contributed by atoms with Crippen LogP contribution in [0.25, 0.3) is 0 Å². The van der Waals surface area contributed by atoms with E-state index in [1.54, 1.807) is 14.2 Å². The lowest BCUT2D eigenvalue weighted by Gasteiger charge is -2.28. The molecule has 0 unspecified atom stereocenters. The van der Waals surface area contributed by atoms with Crippen LogP contribution in [0.4, 0.5) is 0 Å². The molecule has 0 aliphatic heterocycles. The monoisotopic (exact) mass is 623 g/mol. The van der Waals surface area contributed by atoms with E-state index < -0.39 is 17.4 Å². The van der Waals surface area contributed by atoms with Crippen molar-refractivity contribution in [3.05, 3.63) is 0 Å². The minimum Gasteiger partial charge on any atom is -0.398 e. The first-order valence-corrected chi connectivity index (χ1v) is 21.8. The molecule has 7 nitrogen and oxygen atoms in total. The van der Waals surface area contributed by atoms with Crippen LogP contribution in [0.2, 0.25) is 18.6 Å². The molecule has 0 atom stereocenters. The summed E-state index contributed by atoms with van der Waals surface area (Å²) in [4.78, 5) is 0. The maximum atomic E-state index is 5.93. The van der Waals surface area contributed by atoms with E-state index in [1.807, 2.05) is 20.8 Å². The van der Waals surface area contributed by atoms with E-state index in [1.165, 1.54) is 103 Å². The molecule has 0 bridgehead atoms. The Morgan fingerprint density at radius 3 is 1.24 bits per heavy atom. The van der Waals surface area contributed by atoms with Gasteiger partial charge in [0.25, 0.3) is 0 Å². The van der Waals surface area contributed by atoms with Gasteiger partial charge in [-0.1, -0.05) is 103 Å². The van der Waals surface area contributed by atoms with Crippen LogP contribution >= 0.6 is 0 Å². The second-order valence-electron chi connectivity index (χ2n) is 11.2. The van der Waals surface area contributed by atoms with Gasteiger partial charge in [-0.3, -0.25) is 0 Å². The SMILES string of the molecule is CCCCCCCCCCCCCCCCCC[Si](OCC)(OCC)OCC.CO[Si](C)(CCCNCCN)OC. The van der Waals surface area contributed by atoms with E-state index >= 15 is 0 Å². The lowest BCUT2D eigenvalue weighted by atomic mass is 10.0. The van der Waals surface area contributed by atoms with Gasteiger partial charge >= 0.3 is 17.4 Å². The molecule has 0 amide bonds. The molecule has 41 heavy (non-hydrogen) atoms. The van der Waals surface area contributed by atoms with Gasteiger partial charge in [-0.2, -0.15) is 0 Å². The van der Waals surface area contributed by atoms with Crippen molar-refractivity contribution in [2.75, 3.05) is 53.7 Å². The van der Waals surface area contributed by atoms with E-state index in [0.29, 0.717) is 26.4 Å². The smallest absolute Gasteiger partial charge is 0.398 e. The predicted octanol–water partition coefficient (Wildman–Crippen LogP) is 8.59. The molecule has 0 fully saturated rings. The summed E-state index contributed by atoms with van der Waals surface area (Å²) in [5, 5.41) is 3.24. The number of nitrogens with two attached hydrogens (primary N) is 1. The molecular weight excluding hydrogens is 549 g/mol. The molecule has 0 saturated heterocycles. The molecule has 0 aromatic heterocycles. The summed E-state index contributed by atoms with van der Waals surface area (Å²) < 4.78 is 28.5. The van der Waals surface area contributed by atoms with Crippen molar-refractivity contribution in [2.45, 2.75) is 155 Å². The van der Waals surface area contributed by atoms with E-state index in [9.17, 15) is 0 Å². The first-order chi connectivity index (χ1) is 19.9. The van der Waals surface area contributed by atoms with Crippen molar-refractivity contribution in [3.63, 3.8) is 0 Å². The second kappa shape index (κ2) is 33.1. The van der Waals surface area contributed by atoms with Crippen molar-refractivity contribution >= 4 is 17.4 Å². The van der Waals surface area contributed by atoms with Gasteiger partial charge < -0.3 is 33.2 Å². The van der Waals surface area contributed by atoms with Crippen LogP contribution in [-0.4, -0.2) is 71.0 Å². The lowest BCUT2D eigenvalue weighted by molar-refractivity contribution is 0.0706. The highest BCUT2D eigenvalue weighted by molar-refractivity contribution is 6.65. The number of unbranched alkanes of at least 4 members (excludes halogenated alkanes) is 15. The minimum absolute atomic E-state index is 0.686. The molecule has 3 N–H and O–H groups in total. The van der Waals surface area contributed by atoms with Gasteiger partial charge in [-0.25, -0.2) is 0 Å². The zero-order chi connectivity index (χ0) is 30.9. The second-order valence-corrected chi connectivity index (χ2v) is 17.5. The summed E-state index contributed by atoms with van der Waals surface area (Å²) >= 11 is 0. The predicted molar refractivity (Wildman–Crippen MR) is 182 cm³/mol. The van der Waals surface area contributed by atoms with Crippen LogP contribution in [0.1, 0.15) is 137 Å². The number of rotatable bonds is 31. The average molecular weight is 623 g/mol. The number of nitrogens with one attached hydrogen (secondary N) is 1. The Labute approximate surface area is 259 Å². The zero-order valence-corrected chi connectivity index (χ0v) is 30.8. The van der Waals surface area contributed by atoms with Gasteiger partial charge in [-0.05, 0) is 52.7 Å². The third-order valence-corrected chi connectivity index (χ3v) is 13.7. The number of hydrogen-bond acceptors (Lipinski definition) is 7. The maximum absolute atomic E-state index is 5.93. The van der Waals surface area contributed by atoms with Gasteiger partial charge in [0.2, 0.25) is 0 Å². The Hall–Kier alpha value is 0.154. The summed E-state index contributed by atoms with van der Waals surface area (Å²) in [6.07, 6.45) is 23.5. The van der Waals surface area contributed by atoms with Crippen LogP contribution in [0.5, 0.6) is 0 Å². The zero-order valence-electron chi connectivity index (χ0n) is 28.8. The topological polar surface area (TPSA) is 84.2 Å². The third kappa shape index (κ3) is 28.7. The Kier molecular flexibility index (Phi) is 34.9. The summed E-state index contributed by atoms with van der Waals surface area (Å²) in [6.45, 7) is 15.1.